The molecule has 0 atom stereocenters. The third kappa shape index (κ3) is 4.38. The van der Waals surface area contributed by atoms with E-state index in [1.54, 1.807) is 0 Å². The predicted molar refractivity (Wildman–Crippen MR) is 62.8 cm³/mol. The number of hydrogen-bond acceptors (Lipinski definition) is 3. The van der Waals surface area contributed by atoms with Gasteiger partial charge in [-0.2, -0.15) is 0 Å². The molecule has 0 aromatic carbocycles. The Balaban J connectivity index is 2.62. The number of nitrogens with zero attached hydrogens (tertiary/aromatic N) is 2. The van der Waals surface area contributed by atoms with E-state index in [4.69, 9.17) is 0 Å². The quantitative estimate of drug-likeness (QED) is 0.727. The van der Waals surface area contributed by atoms with Crippen molar-refractivity contribution in [1.82, 2.24) is 15.3 Å². The van der Waals surface area contributed by atoms with Gasteiger partial charge < -0.3 is 5.32 Å². The van der Waals surface area contributed by atoms with Crippen molar-refractivity contribution in [2.75, 3.05) is 6.54 Å². The van der Waals surface area contributed by atoms with E-state index in [1.165, 1.54) is 0 Å². The summed E-state index contributed by atoms with van der Waals surface area (Å²) in [5.41, 5.74) is 2.18. The van der Waals surface area contributed by atoms with Crippen molar-refractivity contribution in [2.45, 2.75) is 46.6 Å². The van der Waals surface area contributed by atoms with Crippen molar-refractivity contribution in [3.8, 4) is 0 Å². The SMILES string of the molecule is CCCNCc1cc(C)nc(CCC)n1. The van der Waals surface area contributed by atoms with Gasteiger partial charge in [0, 0.05) is 18.7 Å². The van der Waals surface area contributed by atoms with Gasteiger partial charge in [-0.15, -0.1) is 0 Å². The highest BCUT2D eigenvalue weighted by molar-refractivity contribution is 5.10. The molecule has 0 spiro atoms. The summed E-state index contributed by atoms with van der Waals surface area (Å²) < 4.78 is 0. The Labute approximate surface area is 92.3 Å². The van der Waals surface area contributed by atoms with E-state index in [-0.39, 0.29) is 0 Å². The Morgan fingerprint density at radius 3 is 2.67 bits per heavy atom. The molecule has 0 saturated heterocycles. The first-order chi connectivity index (χ1) is 7.26. The normalized spacial score (nSPS) is 10.6. The van der Waals surface area contributed by atoms with Gasteiger partial charge in [0.25, 0.3) is 0 Å². The lowest BCUT2D eigenvalue weighted by Crippen LogP contribution is -2.16. The fourth-order valence-electron chi connectivity index (χ4n) is 1.52. The van der Waals surface area contributed by atoms with Gasteiger partial charge >= 0.3 is 0 Å². The van der Waals surface area contributed by atoms with Crippen LogP contribution in [0.1, 0.15) is 43.9 Å². The average Bonchev–Trinajstić information content (AvgIpc) is 2.18. The summed E-state index contributed by atoms with van der Waals surface area (Å²) in [7, 11) is 0. The van der Waals surface area contributed by atoms with E-state index in [9.17, 15) is 0 Å². The minimum atomic E-state index is 0.855. The smallest absolute Gasteiger partial charge is 0.128 e. The number of hydrogen-bond donors (Lipinski definition) is 1. The number of nitrogens with one attached hydrogen (secondary N) is 1. The molecule has 84 valence electrons. The topological polar surface area (TPSA) is 37.8 Å². The molecule has 1 N–H and O–H groups in total. The van der Waals surface area contributed by atoms with Gasteiger partial charge in [-0.1, -0.05) is 13.8 Å². The van der Waals surface area contributed by atoms with Crippen LogP contribution < -0.4 is 5.32 Å². The molecule has 3 nitrogen and oxygen atoms in total. The first-order valence-corrected chi connectivity index (χ1v) is 5.80. The molecule has 0 unspecified atom stereocenters. The Hall–Kier alpha value is -0.960. The second kappa shape index (κ2) is 6.51. The van der Waals surface area contributed by atoms with Gasteiger partial charge in [0.15, 0.2) is 0 Å². The van der Waals surface area contributed by atoms with Gasteiger partial charge in [-0.3, -0.25) is 0 Å². The molecule has 0 bridgehead atoms. The number of aromatic nitrogens is 2. The minimum Gasteiger partial charge on any atom is -0.311 e. The van der Waals surface area contributed by atoms with Gasteiger partial charge in [-0.25, -0.2) is 9.97 Å². The summed E-state index contributed by atoms with van der Waals surface area (Å²) >= 11 is 0. The summed E-state index contributed by atoms with van der Waals surface area (Å²) in [5, 5.41) is 3.36. The zero-order chi connectivity index (χ0) is 11.1. The summed E-state index contributed by atoms with van der Waals surface area (Å²) in [5.74, 6) is 0.978. The lowest BCUT2D eigenvalue weighted by Gasteiger charge is -2.06. The third-order valence-corrected chi connectivity index (χ3v) is 2.16. The van der Waals surface area contributed by atoms with E-state index < -0.39 is 0 Å². The van der Waals surface area contributed by atoms with Gasteiger partial charge in [0.2, 0.25) is 0 Å². The van der Waals surface area contributed by atoms with E-state index >= 15 is 0 Å². The average molecular weight is 207 g/mol. The molecule has 0 fully saturated rings. The third-order valence-electron chi connectivity index (χ3n) is 2.16. The molecule has 15 heavy (non-hydrogen) atoms. The molecule has 1 aromatic heterocycles. The van der Waals surface area contributed by atoms with Crippen LogP contribution in [0.25, 0.3) is 0 Å². The minimum absolute atomic E-state index is 0.855. The highest BCUT2D eigenvalue weighted by Crippen LogP contribution is 2.02. The number of rotatable bonds is 6. The summed E-state index contributed by atoms with van der Waals surface area (Å²) in [4.78, 5) is 8.93. The fraction of sp³-hybridized carbons (Fsp3) is 0.667. The Kier molecular flexibility index (Phi) is 5.26. The highest BCUT2D eigenvalue weighted by atomic mass is 14.9. The largest absolute Gasteiger partial charge is 0.311 e. The van der Waals surface area contributed by atoms with E-state index in [2.05, 4.69) is 35.2 Å². The van der Waals surface area contributed by atoms with Crippen molar-refractivity contribution in [1.29, 1.82) is 0 Å². The first-order valence-electron chi connectivity index (χ1n) is 5.80. The van der Waals surface area contributed by atoms with Crippen molar-refractivity contribution in [2.24, 2.45) is 0 Å². The van der Waals surface area contributed by atoms with Crippen LogP contribution in [0.3, 0.4) is 0 Å². The second-order valence-corrected chi connectivity index (χ2v) is 3.84. The van der Waals surface area contributed by atoms with Crippen LogP contribution in [0.15, 0.2) is 6.07 Å². The Morgan fingerprint density at radius 2 is 2.00 bits per heavy atom. The summed E-state index contributed by atoms with van der Waals surface area (Å²) in [6, 6.07) is 2.06. The van der Waals surface area contributed by atoms with Crippen LogP contribution in [-0.4, -0.2) is 16.5 Å². The maximum absolute atomic E-state index is 4.52. The Bertz CT molecular complexity index is 297. The molecule has 1 heterocycles. The van der Waals surface area contributed by atoms with Crippen LogP contribution in [0.2, 0.25) is 0 Å². The van der Waals surface area contributed by atoms with Crippen molar-refractivity contribution < 1.29 is 0 Å². The van der Waals surface area contributed by atoms with E-state index in [0.29, 0.717) is 0 Å². The molecule has 3 heteroatoms. The molecule has 0 radical (unpaired) electrons. The van der Waals surface area contributed by atoms with Crippen molar-refractivity contribution in [3.05, 3.63) is 23.3 Å². The molecule has 0 aliphatic heterocycles. The van der Waals surface area contributed by atoms with Crippen LogP contribution in [0.5, 0.6) is 0 Å². The second-order valence-electron chi connectivity index (χ2n) is 3.84. The van der Waals surface area contributed by atoms with Gasteiger partial charge in [0.1, 0.15) is 5.82 Å². The van der Waals surface area contributed by atoms with Crippen molar-refractivity contribution >= 4 is 0 Å². The fourth-order valence-corrected chi connectivity index (χ4v) is 1.52. The first kappa shape index (κ1) is 12.1. The molecular formula is C12H21N3. The summed E-state index contributed by atoms with van der Waals surface area (Å²) in [6.07, 6.45) is 3.24. The maximum atomic E-state index is 4.52. The standard InChI is InChI=1S/C12H21N3/c1-4-6-12-14-10(3)8-11(15-12)9-13-7-5-2/h8,13H,4-7,9H2,1-3H3. The lowest BCUT2D eigenvalue weighted by atomic mass is 10.2. The molecule has 1 rings (SSSR count). The van der Waals surface area contributed by atoms with Crippen LogP contribution in [0.4, 0.5) is 0 Å². The highest BCUT2D eigenvalue weighted by Gasteiger charge is 2.00. The molecular weight excluding hydrogens is 186 g/mol. The summed E-state index contributed by atoms with van der Waals surface area (Å²) in [6.45, 7) is 8.26. The lowest BCUT2D eigenvalue weighted by molar-refractivity contribution is 0.655. The monoisotopic (exact) mass is 207 g/mol. The van der Waals surface area contributed by atoms with Gasteiger partial charge in [-0.05, 0) is 32.4 Å². The molecule has 0 aliphatic carbocycles. The van der Waals surface area contributed by atoms with Crippen LogP contribution in [0, 0.1) is 6.92 Å². The van der Waals surface area contributed by atoms with E-state index in [1.807, 2.05) is 6.92 Å². The van der Waals surface area contributed by atoms with E-state index in [0.717, 1.165) is 49.6 Å². The van der Waals surface area contributed by atoms with Crippen LogP contribution in [-0.2, 0) is 13.0 Å². The van der Waals surface area contributed by atoms with Gasteiger partial charge in [0.05, 0.1) is 5.69 Å². The zero-order valence-electron chi connectivity index (χ0n) is 10.0. The van der Waals surface area contributed by atoms with Crippen LogP contribution >= 0.6 is 0 Å². The molecule has 0 saturated carbocycles. The molecule has 0 amide bonds. The number of aryl methyl sites for hydroxylation is 2. The predicted octanol–water partition coefficient (Wildman–Crippen LogP) is 2.24. The molecule has 1 aromatic rings. The van der Waals surface area contributed by atoms with Crippen molar-refractivity contribution in [3.63, 3.8) is 0 Å². The zero-order valence-corrected chi connectivity index (χ0v) is 10.0. The Morgan fingerprint density at radius 1 is 1.20 bits per heavy atom. The molecule has 0 aliphatic rings. The maximum Gasteiger partial charge on any atom is 0.128 e.